The molecule has 1 unspecified atom stereocenters. The van der Waals surface area contributed by atoms with Gasteiger partial charge in [0.05, 0.1) is 0 Å². The minimum atomic E-state index is -0.0923. The summed E-state index contributed by atoms with van der Waals surface area (Å²) in [6.45, 7) is 8.04. The van der Waals surface area contributed by atoms with Crippen molar-refractivity contribution in [2.45, 2.75) is 39.3 Å². The Labute approximate surface area is 109 Å². The number of aryl methyl sites for hydroxylation is 1. The zero-order valence-electron chi connectivity index (χ0n) is 11.4. The molecule has 100 valence electrons. The summed E-state index contributed by atoms with van der Waals surface area (Å²) < 4.78 is 13.5. The zero-order chi connectivity index (χ0) is 13.0. The van der Waals surface area contributed by atoms with Crippen LogP contribution in [0, 0.1) is 12.7 Å². The van der Waals surface area contributed by atoms with E-state index < -0.39 is 0 Å². The normalized spacial score (nSPS) is 20.3. The van der Waals surface area contributed by atoms with Gasteiger partial charge in [0.2, 0.25) is 0 Å². The SMILES string of the molecule is CCN(Cc1ccc(C)c(F)c1)C1CCCNC1. The fourth-order valence-electron chi connectivity index (χ4n) is 2.61. The summed E-state index contributed by atoms with van der Waals surface area (Å²) in [5.41, 5.74) is 1.80. The van der Waals surface area contributed by atoms with Crippen molar-refractivity contribution < 1.29 is 4.39 Å². The maximum absolute atomic E-state index is 13.5. The molecule has 0 bridgehead atoms. The average Bonchev–Trinajstić information content (AvgIpc) is 2.41. The fourth-order valence-corrected chi connectivity index (χ4v) is 2.61. The molecule has 1 heterocycles. The van der Waals surface area contributed by atoms with Crippen LogP contribution < -0.4 is 5.32 Å². The first kappa shape index (κ1) is 13.5. The molecule has 1 N–H and O–H groups in total. The number of hydrogen-bond donors (Lipinski definition) is 1. The molecule has 1 aromatic carbocycles. The van der Waals surface area contributed by atoms with Crippen molar-refractivity contribution in [1.29, 1.82) is 0 Å². The van der Waals surface area contributed by atoms with Gasteiger partial charge in [-0.15, -0.1) is 0 Å². The van der Waals surface area contributed by atoms with E-state index >= 15 is 0 Å². The number of hydrogen-bond acceptors (Lipinski definition) is 2. The van der Waals surface area contributed by atoms with Crippen molar-refractivity contribution >= 4 is 0 Å². The highest BCUT2D eigenvalue weighted by molar-refractivity contribution is 5.23. The van der Waals surface area contributed by atoms with Gasteiger partial charge in [0, 0.05) is 19.1 Å². The lowest BCUT2D eigenvalue weighted by molar-refractivity contribution is 0.166. The van der Waals surface area contributed by atoms with Gasteiger partial charge in [-0.25, -0.2) is 4.39 Å². The Morgan fingerprint density at radius 3 is 2.89 bits per heavy atom. The first-order valence-corrected chi connectivity index (χ1v) is 6.90. The molecule has 0 aliphatic carbocycles. The molecule has 3 heteroatoms. The number of nitrogens with zero attached hydrogens (tertiary/aromatic N) is 1. The Balaban J connectivity index is 2.02. The molecule has 1 fully saturated rings. The third kappa shape index (κ3) is 3.30. The van der Waals surface area contributed by atoms with E-state index in [4.69, 9.17) is 0 Å². The van der Waals surface area contributed by atoms with Gasteiger partial charge in [-0.1, -0.05) is 19.1 Å². The lowest BCUT2D eigenvalue weighted by Crippen LogP contribution is -2.45. The lowest BCUT2D eigenvalue weighted by Gasteiger charge is -2.34. The molecule has 1 aromatic rings. The van der Waals surface area contributed by atoms with Gasteiger partial charge in [-0.3, -0.25) is 4.90 Å². The average molecular weight is 250 g/mol. The van der Waals surface area contributed by atoms with Crippen molar-refractivity contribution in [1.82, 2.24) is 10.2 Å². The summed E-state index contributed by atoms with van der Waals surface area (Å²) in [7, 11) is 0. The molecule has 0 amide bonds. The second-order valence-electron chi connectivity index (χ2n) is 5.15. The summed E-state index contributed by atoms with van der Waals surface area (Å²) >= 11 is 0. The van der Waals surface area contributed by atoms with E-state index in [-0.39, 0.29) is 5.82 Å². The van der Waals surface area contributed by atoms with E-state index in [0.717, 1.165) is 37.3 Å². The molecule has 1 aliphatic rings. The molecule has 1 aliphatic heterocycles. The van der Waals surface area contributed by atoms with Crippen molar-refractivity contribution in [3.63, 3.8) is 0 Å². The van der Waals surface area contributed by atoms with E-state index in [1.54, 1.807) is 6.07 Å². The van der Waals surface area contributed by atoms with Crippen molar-refractivity contribution in [3.05, 3.63) is 35.1 Å². The molecular formula is C15H23FN2. The number of nitrogens with one attached hydrogen (secondary N) is 1. The van der Waals surface area contributed by atoms with Crippen LogP contribution in [0.25, 0.3) is 0 Å². The third-order valence-electron chi connectivity index (χ3n) is 3.82. The maximum atomic E-state index is 13.5. The quantitative estimate of drug-likeness (QED) is 0.884. The van der Waals surface area contributed by atoms with Gasteiger partial charge in [0.25, 0.3) is 0 Å². The molecule has 0 aromatic heterocycles. The van der Waals surface area contributed by atoms with Gasteiger partial charge < -0.3 is 5.32 Å². The van der Waals surface area contributed by atoms with Crippen molar-refractivity contribution in [3.8, 4) is 0 Å². The monoisotopic (exact) mass is 250 g/mol. The van der Waals surface area contributed by atoms with Gasteiger partial charge in [0.1, 0.15) is 5.82 Å². The van der Waals surface area contributed by atoms with Crippen molar-refractivity contribution in [2.24, 2.45) is 0 Å². The van der Waals surface area contributed by atoms with Gasteiger partial charge in [0.15, 0.2) is 0 Å². The van der Waals surface area contributed by atoms with E-state index in [0.29, 0.717) is 6.04 Å². The van der Waals surface area contributed by atoms with Crippen molar-refractivity contribution in [2.75, 3.05) is 19.6 Å². The van der Waals surface area contributed by atoms with Crippen LogP contribution in [0.5, 0.6) is 0 Å². The van der Waals surface area contributed by atoms with Gasteiger partial charge in [-0.2, -0.15) is 0 Å². The highest BCUT2D eigenvalue weighted by atomic mass is 19.1. The van der Waals surface area contributed by atoms with Crippen LogP contribution in [-0.4, -0.2) is 30.6 Å². The molecular weight excluding hydrogens is 227 g/mol. The Morgan fingerprint density at radius 2 is 2.28 bits per heavy atom. The number of rotatable bonds is 4. The smallest absolute Gasteiger partial charge is 0.126 e. The number of halogens is 1. The molecule has 2 rings (SSSR count). The van der Waals surface area contributed by atoms with Crippen LogP contribution in [-0.2, 0) is 6.54 Å². The number of likely N-dealkylation sites (N-methyl/N-ethyl adjacent to an activating group) is 1. The Bertz CT molecular complexity index is 386. The standard InChI is InChI=1S/C15H23FN2/c1-3-18(14-5-4-8-17-10-14)11-13-7-6-12(2)15(16)9-13/h6-7,9,14,17H,3-5,8,10-11H2,1-2H3. The summed E-state index contributed by atoms with van der Waals surface area (Å²) in [5.74, 6) is -0.0923. The largest absolute Gasteiger partial charge is 0.315 e. The summed E-state index contributed by atoms with van der Waals surface area (Å²) in [4.78, 5) is 2.44. The Hall–Kier alpha value is -0.930. The summed E-state index contributed by atoms with van der Waals surface area (Å²) in [6.07, 6.45) is 2.48. The third-order valence-corrected chi connectivity index (χ3v) is 3.82. The van der Waals surface area contributed by atoms with Crippen LogP contribution in [0.15, 0.2) is 18.2 Å². The van der Waals surface area contributed by atoms with E-state index in [9.17, 15) is 4.39 Å². The van der Waals surface area contributed by atoms with Crippen LogP contribution in [0.3, 0.4) is 0 Å². The zero-order valence-corrected chi connectivity index (χ0v) is 11.4. The minimum absolute atomic E-state index is 0.0923. The first-order valence-electron chi connectivity index (χ1n) is 6.90. The van der Waals surface area contributed by atoms with E-state index in [1.165, 1.54) is 12.8 Å². The number of piperidine rings is 1. The Kier molecular flexibility index (Phi) is 4.72. The summed E-state index contributed by atoms with van der Waals surface area (Å²) in [6, 6.07) is 6.18. The minimum Gasteiger partial charge on any atom is -0.315 e. The second-order valence-corrected chi connectivity index (χ2v) is 5.15. The second kappa shape index (κ2) is 6.30. The van der Waals surface area contributed by atoms with Crippen LogP contribution in [0.2, 0.25) is 0 Å². The Morgan fingerprint density at radius 1 is 1.44 bits per heavy atom. The van der Waals surface area contributed by atoms with E-state index in [2.05, 4.69) is 17.1 Å². The summed E-state index contributed by atoms with van der Waals surface area (Å²) in [5, 5.41) is 3.44. The molecule has 18 heavy (non-hydrogen) atoms. The molecule has 0 radical (unpaired) electrons. The maximum Gasteiger partial charge on any atom is 0.126 e. The first-order chi connectivity index (χ1) is 8.70. The van der Waals surface area contributed by atoms with Crippen LogP contribution >= 0.6 is 0 Å². The molecule has 0 spiro atoms. The molecule has 0 saturated carbocycles. The highest BCUT2D eigenvalue weighted by Gasteiger charge is 2.19. The fraction of sp³-hybridized carbons (Fsp3) is 0.600. The lowest BCUT2D eigenvalue weighted by atomic mass is 10.0. The number of benzene rings is 1. The topological polar surface area (TPSA) is 15.3 Å². The highest BCUT2D eigenvalue weighted by Crippen LogP contribution is 2.16. The van der Waals surface area contributed by atoms with Crippen LogP contribution in [0.4, 0.5) is 4.39 Å². The van der Waals surface area contributed by atoms with Gasteiger partial charge in [-0.05, 0) is 50.0 Å². The molecule has 1 saturated heterocycles. The van der Waals surface area contributed by atoms with E-state index in [1.807, 2.05) is 19.1 Å². The predicted octanol–water partition coefficient (Wildman–Crippen LogP) is 2.71. The predicted molar refractivity (Wildman–Crippen MR) is 73.1 cm³/mol. The molecule has 2 nitrogen and oxygen atoms in total. The van der Waals surface area contributed by atoms with Gasteiger partial charge >= 0.3 is 0 Å². The van der Waals surface area contributed by atoms with Crippen LogP contribution in [0.1, 0.15) is 30.9 Å². The molecule has 1 atom stereocenters.